The number of hydrogen-bond donors (Lipinski definition) is 1. The lowest BCUT2D eigenvalue weighted by Crippen LogP contribution is -2.36. The molecule has 0 saturated carbocycles. The second-order valence-corrected chi connectivity index (χ2v) is 5.59. The monoisotopic (exact) mass is 285 g/mol. The molecule has 0 bridgehead atoms. The lowest BCUT2D eigenvalue weighted by atomic mass is 9.89. The van der Waals surface area contributed by atoms with Gasteiger partial charge in [-0.15, -0.1) is 0 Å². The first-order chi connectivity index (χ1) is 10.2. The third-order valence-corrected chi connectivity index (χ3v) is 3.93. The molecule has 0 saturated heterocycles. The van der Waals surface area contributed by atoms with Crippen molar-refractivity contribution in [3.05, 3.63) is 71.5 Å². The van der Waals surface area contributed by atoms with Gasteiger partial charge >= 0.3 is 0 Å². The van der Waals surface area contributed by atoms with E-state index in [0.29, 0.717) is 12.0 Å². The fourth-order valence-electron chi connectivity index (χ4n) is 2.66. The number of nitrogens with one attached hydrogen (secondary N) is 1. The van der Waals surface area contributed by atoms with Gasteiger partial charge in [-0.25, -0.2) is 4.39 Å². The van der Waals surface area contributed by atoms with E-state index in [0.717, 1.165) is 24.9 Å². The first kappa shape index (κ1) is 15.7. The Morgan fingerprint density at radius 3 is 2.48 bits per heavy atom. The van der Waals surface area contributed by atoms with Gasteiger partial charge in [0.2, 0.25) is 0 Å². The van der Waals surface area contributed by atoms with Crippen LogP contribution in [0.1, 0.15) is 37.3 Å². The summed E-state index contributed by atoms with van der Waals surface area (Å²) in [6.07, 6.45) is 1.94. The Morgan fingerprint density at radius 2 is 1.81 bits per heavy atom. The number of benzene rings is 2. The maximum atomic E-state index is 13.4. The largest absolute Gasteiger partial charge is 0.313 e. The highest BCUT2D eigenvalue weighted by Crippen LogP contribution is 2.22. The van der Waals surface area contributed by atoms with Gasteiger partial charge in [0, 0.05) is 6.04 Å². The Hall–Kier alpha value is -1.67. The fourth-order valence-corrected chi connectivity index (χ4v) is 2.66. The molecule has 2 unspecified atom stereocenters. The van der Waals surface area contributed by atoms with Crippen molar-refractivity contribution in [2.75, 3.05) is 6.54 Å². The summed E-state index contributed by atoms with van der Waals surface area (Å²) < 4.78 is 13.4. The van der Waals surface area contributed by atoms with Crippen LogP contribution >= 0.6 is 0 Å². The van der Waals surface area contributed by atoms with Crippen molar-refractivity contribution in [3.63, 3.8) is 0 Å². The second-order valence-electron chi connectivity index (χ2n) is 5.59. The van der Waals surface area contributed by atoms with Gasteiger partial charge in [-0.1, -0.05) is 56.3 Å². The third-order valence-electron chi connectivity index (χ3n) is 3.93. The lowest BCUT2D eigenvalue weighted by Gasteiger charge is -2.26. The van der Waals surface area contributed by atoms with Crippen molar-refractivity contribution >= 4 is 0 Å². The zero-order valence-electron chi connectivity index (χ0n) is 12.9. The molecule has 0 aliphatic rings. The van der Waals surface area contributed by atoms with Gasteiger partial charge < -0.3 is 5.32 Å². The maximum absolute atomic E-state index is 13.4. The van der Waals surface area contributed by atoms with E-state index in [4.69, 9.17) is 0 Å². The van der Waals surface area contributed by atoms with E-state index in [1.54, 1.807) is 12.1 Å². The molecular weight excluding hydrogens is 261 g/mol. The first-order valence-electron chi connectivity index (χ1n) is 7.73. The van der Waals surface area contributed by atoms with Crippen LogP contribution in [0.4, 0.5) is 4.39 Å². The molecule has 2 aromatic rings. The maximum Gasteiger partial charge on any atom is 0.123 e. The van der Waals surface area contributed by atoms with Crippen molar-refractivity contribution in [2.24, 2.45) is 0 Å². The highest BCUT2D eigenvalue weighted by molar-refractivity contribution is 5.23. The Morgan fingerprint density at radius 1 is 1.05 bits per heavy atom. The molecule has 0 spiro atoms. The number of hydrogen-bond acceptors (Lipinski definition) is 1. The summed E-state index contributed by atoms with van der Waals surface area (Å²) in [5, 5.41) is 3.61. The van der Waals surface area contributed by atoms with Crippen LogP contribution in [-0.2, 0) is 6.42 Å². The summed E-state index contributed by atoms with van der Waals surface area (Å²) in [7, 11) is 0. The zero-order chi connectivity index (χ0) is 15.1. The van der Waals surface area contributed by atoms with E-state index < -0.39 is 0 Å². The summed E-state index contributed by atoms with van der Waals surface area (Å²) in [4.78, 5) is 0. The van der Waals surface area contributed by atoms with Gasteiger partial charge in [-0.05, 0) is 48.6 Å². The Balaban J connectivity index is 2.14. The Bertz CT molecular complexity index is 538. The average molecular weight is 285 g/mol. The quantitative estimate of drug-likeness (QED) is 0.787. The van der Waals surface area contributed by atoms with Gasteiger partial charge in [-0.3, -0.25) is 0 Å². The van der Waals surface area contributed by atoms with Crippen LogP contribution in [-0.4, -0.2) is 12.6 Å². The summed E-state index contributed by atoms with van der Waals surface area (Å²) in [5.41, 5.74) is 2.37. The van der Waals surface area contributed by atoms with Crippen molar-refractivity contribution in [2.45, 2.75) is 38.6 Å². The van der Waals surface area contributed by atoms with Crippen LogP contribution in [0.5, 0.6) is 0 Å². The van der Waals surface area contributed by atoms with Crippen LogP contribution < -0.4 is 5.32 Å². The summed E-state index contributed by atoms with van der Waals surface area (Å²) >= 11 is 0. The molecular formula is C19H24FN. The Kier molecular flexibility index (Phi) is 5.94. The molecule has 2 aromatic carbocycles. The Labute approximate surface area is 127 Å². The van der Waals surface area contributed by atoms with E-state index in [2.05, 4.69) is 43.4 Å². The molecule has 0 aliphatic heterocycles. The molecule has 0 fully saturated rings. The molecule has 1 nitrogen and oxygen atoms in total. The molecule has 2 atom stereocenters. The SMILES string of the molecule is CCCNC(Cc1cccc(F)c1)C(C)c1ccccc1. The summed E-state index contributed by atoms with van der Waals surface area (Å²) in [6, 6.07) is 17.8. The van der Waals surface area contributed by atoms with Gasteiger partial charge in [0.15, 0.2) is 0 Å². The van der Waals surface area contributed by atoms with Crippen LogP contribution in [0.3, 0.4) is 0 Å². The smallest absolute Gasteiger partial charge is 0.123 e. The molecule has 112 valence electrons. The molecule has 0 heterocycles. The van der Waals surface area contributed by atoms with E-state index in [9.17, 15) is 4.39 Å². The van der Waals surface area contributed by atoms with Crippen LogP contribution in [0, 0.1) is 5.82 Å². The molecule has 1 N–H and O–H groups in total. The molecule has 2 rings (SSSR count). The topological polar surface area (TPSA) is 12.0 Å². The highest BCUT2D eigenvalue weighted by atomic mass is 19.1. The first-order valence-corrected chi connectivity index (χ1v) is 7.73. The van der Waals surface area contributed by atoms with Crippen molar-refractivity contribution in [1.29, 1.82) is 0 Å². The van der Waals surface area contributed by atoms with Gasteiger partial charge in [0.05, 0.1) is 0 Å². The van der Waals surface area contributed by atoms with E-state index in [1.807, 2.05) is 12.1 Å². The molecule has 0 aliphatic carbocycles. The molecule has 0 aromatic heterocycles. The highest BCUT2D eigenvalue weighted by Gasteiger charge is 2.18. The van der Waals surface area contributed by atoms with Gasteiger partial charge in [-0.2, -0.15) is 0 Å². The summed E-state index contributed by atoms with van der Waals surface area (Å²) in [6.45, 7) is 5.39. The molecule has 21 heavy (non-hydrogen) atoms. The fraction of sp³-hybridized carbons (Fsp3) is 0.368. The third kappa shape index (κ3) is 4.68. The van der Waals surface area contributed by atoms with E-state index in [-0.39, 0.29) is 5.82 Å². The zero-order valence-corrected chi connectivity index (χ0v) is 12.9. The van der Waals surface area contributed by atoms with Crippen molar-refractivity contribution in [1.82, 2.24) is 5.32 Å². The number of halogens is 1. The second kappa shape index (κ2) is 7.94. The van der Waals surface area contributed by atoms with Gasteiger partial charge in [0.1, 0.15) is 5.82 Å². The average Bonchev–Trinajstić information content (AvgIpc) is 2.51. The predicted octanol–water partition coefficient (Wildman–Crippen LogP) is 4.54. The van der Waals surface area contributed by atoms with Crippen LogP contribution in [0.2, 0.25) is 0 Å². The molecule has 2 heteroatoms. The van der Waals surface area contributed by atoms with Crippen molar-refractivity contribution in [3.8, 4) is 0 Å². The minimum Gasteiger partial charge on any atom is -0.313 e. The van der Waals surface area contributed by atoms with E-state index >= 15 is 0 Å². The predicted molar refractivity (Wildman–Crippen MR) is 87.0 cm³/mol. The lowest BCUT2D eigenvalue weighted by molar-refractivity contribution is 0.446. The minimum absolute atomic E-state index is 0.158. The van der Waals surface area contributed by atoms with Gasteiger partial charge in [0.25, 0.3) is 0 Å². The number of rotatable bonds is 7. The molecule has 0 radical (unpaired) electrons. The molecule has 0 amide bonds. The minimum atomic E-state index is -0.158. The van der Waals surface area contributed by atoms with E-state index in [1.165, 1.54) is 11.6 Å². The standard InChI is InChI=1S/C19H24FN/c1-3-12-21-19(14-16-8-7-11-18(20)13-16)15(2)17-9-5-4-6-10-17/h4-11,13,15,19,21H,3,12,14H2,1-2H3. The normalized spacial score (nSPS) is 13.9. The van der Waals surface area contributed by atoms with Crippen LogP contribution in [0.25, 0.3) is 0 Å². The van der Waals surface area contributed by atoms with Crippen LogP contribution in [0.15, 0.2) is 54.6 Å². The van der Waals surface area contributed by atoms with Crippen molar-refractivity contribution < 1.29 is 4.39 Å². The summed E-state index contributed by atoms with van der Waals surface area (Å²) in [5.74, 6) is 0.232.